The van der Waals surface area contributed by atoms with Gasteiger partial charge in [0, 0.05) is 18.7 Å². The van der Waals surface area contributed by atoms with Crippen molar-refractivity contribution >= 4 is 5.91 Å². The zero-order chi connectivity index (χ0) is 9.84. The Labute approximate surface area is 79.0 Å². The third-order valence-corrected chi connectivity index (χ3v) is 2.41. The number of amides is 1. The monoisotopic (exact) mass is 183 g/mol. The van der Waals surface area contributed by atoms with Gasteiger partial charge in [-0.1, -0.05) is 13.5 Å². The average Bonchev–Trinajstić information content (AvgIpc) is 2.15. The zero-order valence-electron chi connectivity index (χ0n) is 8.12. The fourth-order valence-corrected chi connectivity index (χ4v) is 1.51. The largest absolute Gasteiger partial charge is 0.391 e. The van der Waals surface area contributed by atoms with Crippen LogP contribution in [0.2, 0.25) is 0 Å². The number of carbonyl (C=O) groups is 1. The predicted molar refractivity (Wildman–Crippen MR) is 51.3 cm³/mol. The van der Waals surface area contributed by atoms with Gasteiger partial charge in [-0.2, -0.15) is 0 Å². The maximum atomic E-state index is 11.6. The Morgan fingerprint density at radius 2 is 2.38 bits per heavy atom. The first kappa shape index (κ1) is 10.3. The summed E-state index contributed by atoms with van der Waals surface area (Å²) < 4.78 is 0. The van der Waals surface area contributed by atoms with Crippen LogP contribution >= 0.6 is 0 Å². The molecule has 74 valence electrons. The van der Waals surface area contributed by atoms with Crippen LogP contribution in [0.4, 0.5) is 0 Å². The maximum Gasteiger partial charge on any atom is 0.249 e. The Hall–Kier alpha value is -0.830. The number of carbonyl (C=O) groups excluding carboxylic acids is 1. The quantitative estimate of drug-likeness (QED) is 0.647. The van der Waals surface area contributed by atoms with E-state index in [-0.39, 0.29) is 12.0 Å². The summed E-state index contributed by atoms with van der Waals surface area (Å²) in [5.41, 5.74) is 0.633. The van der Waals surface area contributed by atoms with Crippen molar-refractivity contribution in [3.8, 4) is 0 Å². The predicted octanol–water partition coefficient (Wildman–Crippen LogP) is 0.936. The van der Waals surface area contributed by atoms with Crippen LogP contribution in [-0.4, -0.2) is 35.1 Å². The summed E-state index contributed by atoms with van der Waals surface area (Å²) in [5, 5.41) is 9.36. The van der Waals surface area contributed by atoms with Gasteiger partial charge in [-0.05, 0) is 19.3 Å². The van der Waals surface area contributed by atoms with E-state index in [0.29, 0.717) is 18.5 Å². The van der Waals surface area contributed by atoms with Crippen LogP contribution in [0.15, 0.2) is 12.2 Å². The van der Waals surface area contributed by atoms with E-state index in [1.54, 1.807) is 4.90 Å². The summed E-state index contributed by atoms with van der Waals surface area (Å²) in [6.45, 7) is 6.85. The van der Waals surface area contributed by atoms with Crippen molar-refractivity contribution in [3.05, 3.63) is 12.2 Å². The molecule has 1 heterocycles. The van der Waals surface area contributed by atoms with Gasteiger partial charge in [-0.25, -0.2) is 0 Å². The number of nitrogens with zero attached hydrogens (tertiary/aromatic N) is 1. The van der Waals surface area contributed by atoms with Gasteiger partial charge in [-0.15, -0.1) is 0 Å². The third kappa shape index (κ3) is 2.56. The SMILES string of the molecule is C=C(CC)C(=O)N1CCCC(O)C1. The molecule has 1 unspecified atom stereocenters. The van der Waals surface area contributed by atoms with Crippen molar-refractivity contribution in [2.75, 3.05) is 13.1 Å². The van der Waals surface area contributed by atoms with Gasteiger partial charge >= 0.3 is 0 Å². The molecule has 1 aliphatic heterocycles. The molecule has 1 rings (SSSR count). The molecule has 1 fully saturated rings. The van der Waals surface area contributed by atoms with E-state index in [2.05, 4.69) is 6.58 Å². The Bertz CT molecular complexity index is 213. The molecule has 0 aromatic carbocycles. The van der Waals surface area contributed by atoms with E-state index in [1.807, 2.05) is 6.92 Å². The van der Waals surface area contributed by atoms with E-state index in [9.17, 15) is 9.90 Å². The van der Waals surface area contributed by atoms with Crippen LogP contribution < -0.4 is 0 Å². The van der Waals surface area contributed by atoms with E-state index < -0.39 is 0 Å². The second-order valence-corrected chi connectivity index (χ2v) is 3.50. The lowest BCUT2D eigenvalue weighted by atomic mass is 10.1. The molecule has 0 spiro atoms. The van der Waals surface area contributed by atoms with Gasteiger partial charge in [-0.3, -0.25) is 4.79 Å². The van der Waals surface area contributed by atoms with Crippen molar-refractivity contribution in [1.29, 1.82) is 0 Å². The molecular weight excluding hydrogens is 166 g/mol. The number of aliphatic hydroxyl groups is 1. The van der Waals surface area contributed by atoms with Crippen molar-refractivity contribution in [1.82, 2.24) is 4.90 Å². The second kappa shape index (κ2) is 4.42. The second-order valence-electron chi connectivity index (χ2n) is 3.50. The van der Waals surface area contributed by atoms with E-state index in [4.69, 9.17) is 0 Å². The minimum Gasteiger partial charge on any atom is -0.391 e. The topological polar surface area (TPSA) is 40.5 Å². The zero-order valence-corrected chi connectivity index (χ0v) is 8.12. The van der Waals surface area contributed by atoms with Crippen molar-refractivity contribution in [3.63, 3.8) is 0 Å². The summed E-state index contributed by atoms with van der Waals surface area (Å²) >= 11 is 0. The number of rotatable bonds is 2. The summed E-state index contributed by atoms with van der Waals surface area (Å²) in [6.07, 6.45) is 2.04. The van der Waals surface area contributed by atoms with Crippen LogP contribution in [0.5, 0.6) is 0 Å². The van der Waals surface area contributed by atoms with Crippen molar-refractivity contribution < 1.29 is 9.90 Å². The van der Waals surface area contributed by atoms with Crippen LogP contribution in [0.3, 0.4) is 0 Å². The van der Waals surface area contributed by atoms with E-state index >= 15 is 0 Å². The highest BCUT2D eigenvalue weighted by Gasteiger charge is 2.22. The molecule has 1 atom stereocenters. The van der Waals surface area contributed by atoms with E-state index in [0.717, 1.165) is 19.4 Å². The number of β-amino-alcohol motifs (C(OH)–C–C–N with tert-alkyl or cyclic N) is 1. The lowest BCUT2D eigenvalue weighted by Crippen LogP contribution is -2.42. The molecule has 0 radical (unpaired) electrons. The minimum absolute atomic E-state index is 0.00116. The number of hydrogen-bond acceptors (Lipinski definition) is 2. The first-order valence-corrected chi connectivity index (χ1v) is 4.80. The highest BCUT2D eigenvalue weighted by molar-refractivity contribution is 5.92. The Kier molecular flexibility index (Phi) is 3.48. The molecule has 1 saturated heterocycles. The third-order valence-electron chi connectivity index (χ3n) is 2.41. The normalized spacial score (nSPS) is 22.9. The highest BCUT2D eigenvalue weighted by Crippen LogP contribution is 2.13. The van der Waals surface area contributed by atoms with Crippen LogP contribution in [0.25, 0.3) is 0 Å². The van der Waals surface area contributed by atoms with Gasteiger partial charge in [0.15, 0.2) is 0 Å². The standard InChI is InChI=1S/C10H17NO2/c1-3-8(2)10(13)11-6-4-5-9(12)7-11/h9,12H,2-7H2,1H3. The Morgan fingerprint density at radius 3 is 2.92 bits per heavy atom. The smallest absolute Gasteiger partial charge is 0.249 e. The lowest BCUT2D eigenvalue weighted by molar-refractivity contribution is -0.130. The fraction of sp³-hybridized carbons (Fsp3) is 0.700. The van der Waals surface area contributed by atoms with E-state index in [1.165, 1.54) is 0 Å². The van der Waals surface area contributed by atoms with Crippen molar-refractivity contribution in [2.24, 2.45) is 0 Å². The molecule has 1 amide bonds. The molecule has 1 aliphatic rings. The lowest BCUT2D eigenvalue weighted by Gasteiger charge is -2.30. The average molecular weight is 183 g/mol. The van der Waals surface area contributed by atoms with Gasteiger partial charge in [0.25, 0.3) is 0 Å². The molecule has 0 aliphatic carbocycles. The Balaban J connectivity index is 2.51. The minimum atomic E-state index is -0.345. The van der Waals surface area contributed by atoms with Gasteiger partial charge in [0.2, 0.25) is 5.91 Å². The Morgan fingerprint density at radius 1 is 1.69 bits per heavy atom. The number of likely N-dealkylation sites (tertiary alicyclic amines) is 1. The van der Waals surface area contributed by atoms with Crippen LogP contribution in [0.1, 0.15) is 26.2 Å². The first-order valence-electron chi connectivity index (χ1n) is 4.80. The highest BCUT2D eigenvalue weighted by atomic mass is 16.3. The van der Waals surface area contributed by atoms with Gasteiger partial charge < -0.3 is 10.0 Å². The van der Waals surface area contributed by atoms with Gasteiger partial charge in [0.1, 0.15) is 0 Å². The molecule has 3 nitrogen and oxygen atoms in total. The number of hydrogen-bond donors (Lipinski definition) is 1. The summed E-state index contributed by atoms with van der Waals surface area (Å²) in [5.74, 6) is 0.00116. The maximum absolute atomic E-state index is 11.6. The molecule has 1 N–H and O–H groups in total. The molecule has 0 bridgehead atoms. The van der Waals surface area contributed by atoms with Crippen LogP contribution in [-0.2, 0) is 4.79 Å². The number of piperidine rings is 1. The first-order chi connectivity index (χ1) is 6.15. The summed E-state index contributed by atoms with van der Waals surface area (Å²) in [4.78, 5) is 13.3. The molecular formula is C10H17NO2. The summed E-state index contributed by atoms with van der Waals surface area (Å²) in [6, 6.07) is 0. The molecule has 3 heteroatoms. The van der Waals surface area contributed by atoms with Gasteiger partial charge in [0.05, 0.1) is 6.10 Å². The molecule has 0 aromatic rings. The summed E-state index contributed by atoms with van der Waals surface area (Å²) in [7, 11) is 0. The molecule has 13 heavy (non-hydrogen) atoms. The number of aliphatic hydroxyl groups excluding tert-OH is 1. The molecule has 0 saturated carbocycles. The molecule has 0 aromatic heterocycles. The van der Waals surface area contributed by atoms with Crippen LogP contribution in [0, 0.1) is 0 Å². The fourth-order valence-electron chi connectivity index (χ4n) is 1.51. The van der Waals surface area contributed by atoms with Crippen molar-refractivity contribution in [2.45, 2.75) is 32.3 Å².